The number of nitrogens with one attached hydrogen (secondary N) is 1. The molecule has 0 fully saturated rings. The van der Waals surface area contributed by atoms with E-state index in [2.05, 4.69) is 10.5 Å². The number of rotatable bonds is 5. The summed E-state index contributed by atoms with van der Waals surface area (Å²) in [6.45, 7) is 1.69. The highest BCUT2D eigenvalue weighted by Gasteiger charge is 2.21. The zero-order chi connectivity index (χ0) is 14.5. The van der Waals surface area contributed by atoms with Crippen molar-refractivity contribution in [3.8, 4) is 0 Å². The Hall–Kier alpha value is -2.63. The Bertz CT molecular complexity index is 607. The van der Waals surface area contributed by atoms with Crippen LogP contribution in [0.5, 0.6) is 0 Å². The van der Waals surface area contributed by atoms with Gasteiger partial charge in [0.25, 0.3) is 5.91 Å². The number of hydrogen-bond acceptors (Lipinski definition) is 4. The molecule has 6 heteroatoms. The molecule has 104 valence electrons. The van der Waals surface area contributed by atoms with E-state index in [4.69, 9.17) is 9.63 Å². The summed E-state index contributed by atoms with van der Waals surface area (Å²) in [6, 6.07) is 8.31. The minimum Gasteiger partial charge on any atom is -0.481 e. The first-order valence-corrected chi connectivity index (χ1v) is 6.07. The van der Waals surface area contributed by atoms with Gasteiger partial charge in [-0.25, -0.2) is 0 Å². The lowest BCUT2D eigenvalue weighted by molar-refractivity contribution is -0.137. The van der Waals surface area contributed by atoms with Crippen LogP contribution in [0.2, 0.25) is 0 Å². The molecule has 1 aromatic carbocycles. The zero-order valence-corrected chi connectivity index (χ0v) is 10.9. The van der Waals surface area contributed by atoms with E-state index in [0.717, 1.165) is 5.56 Å². The van der Waals surface area contributed by atoms with Gasteiger partial charge in [0.15, 0.2) is 0 Å². The molecule has 1 aromatic heterocycles. The topological polar surface area (TPSA) is 92.4 Å². The number of nitrogens with zero attached hydrogens (tertiary/aromatic N) is 1. The maximum absolute atomic E-state index is 12.1. The first kappa shape index (κ1) is 13.8. The van der Waals surface area contributed by atoms with Crippen LogP contribution in [-0.4, -0.2) is 22.1 Å². The molecule has 2 N–H and O–H groups in total. The standard InChI is InChI=1S/C14H14N2O4/c1-9-8-15-20-13(9)14(19)16-11(7-12(17)18)10-5-3-2-4-6-10/h2-6,8,11H,7H2,1H3,(H,16,19)(H,17,18). The summed E-state index contributed by atoms with van der Waals surface area (Å²) < 4.78 is 4.86. The van der Waals surface area contributed by atoms with E-state index in [1.54, 1.807) is 31.2 Å². The molecule has 0 spiro atoms. The monoisotopic (exact) mass is 274 g/mol. The molecular formula is C14H14N2O4. The van der Waals surface area contributed by atoms with Gasteiger partial charge >= 0.3 is 5.97 Å². The minimum atomic E-state index is -0.992. The van der Waals surface area contributed by atoms with Gasteiger partial charge in [-0.3, -0.25) is 9.59 Å². The molecule has 0 saturated carbocycles. The van der Waals surface area contributed by atoms with Crippen LogP contribution in [-0.2, 0) is 4.79 Å². The molecule has 1 amide bonds. The normalized spacial score (nSPS) is 11.8. The molecule has 2 rings (SSSR count). The average Bonchev–Trinajstić information content (AvgIpc) is 2.85. The molecule has 1 atom stereocenters. The molecule has 2 aromatic rings. The van der Waals surface area contributed by atoms with E-state index >= 15 is 0 Å². The van der Waals surface area contributed by atoms with Crippen molar-refractivity contribution in [3.63, 3.8) is 0 Å². The van der Waals surface area contributed by atoms with Crippen molar-refractivity contribution in [2.45, 2.75) is 19.4 Å². The van der Waals surface area contributed by atoms with Crippen LogP contribution in [0, 0.1) is 6.92 Å². The van der Waals surface area contributed by atoms with E-state index in [0.29, 0.717) is 5.56 Å². The molecule has 0 bridgehead atoms. The van der Waals surface area contributed by atoms with E-state index in [-0.39, 0.29) is 12.2 Å². The van der Waals surface area contributed by atoms with Crippen molar-refractivity contribution in [1.82, 2.24) is 10.5 Å². The van der Waals surface area contributed by atoms with Gasteiger partial charge in [0.1, 0.15) is 0 Å². The predicted octanol–water partition coefficient (Wildman–Crippen LogP) is 1.93. The van der Waals surface area contributed by atoms with Gasteiger partial charge < -0.3 is 14.9 Å². The lowest BCUT2D eigenvalue weighted by Gasteiger charge is -2.16. The second-order valence-corrected chi connectivity index (χ2v) is 4.37. The van der Waals surface area contributed by atoms with Crippen LogP contribution in [0.15, 0.2) is 41.1 Å². The summed E-state index contributed by atoms with van der Waals surface area (Å²) in [6.07, 6.45) is 1.23. The molecule has 6 nitrogen and oxygen atoms in total. The fourth-order valence-electron chi connectivity index (χ4n) is 1.85. The third kappa shape index (κ3) is 3.23. The van der Waals surface area contributed by atoms with Crippen molar-refractivity contribution >= 4 is 11.9 Å². The number of carbonyl (C=O) groups is 2. The van der Waals surface area contributed by atoms with E-state index in [1.165, 1.54) is 6.20 Å². The summed E-state index contributed by atoms with van der Waals surface area (Å²) in [5.74, 6) is -1.38. The maximum Gasteiger partial charge on any atom is 0.305 e. The number of carbonyl (C=O) groups excluding carboxylic acids is 1. The summed E-state index contributed by atoms with van der Waals surface area (Å²) in [5.41, 5.74) is 1.32. The van der Waals surface area contributed by atoms with Crippen LogP contribution < -0.4 is 5.32 Å². The van der Waals surface area contributed by atoms with Gasteiger partial charge in [-0.2, -0.15) is 0 Å². The predicted molar refractivity (Wildman–Crippen MR) is 70.1 cm³/mol. The summed E-state index contributed by atoms with van der Waals surface area (Å²) in [4.78, 5) is 23.0. The third-order valence-electron chi connectivity index (χ3n) is 2.84. The number of aliphatic carboxylic acids is 1. The molecule has 0 radical (unpaired) electrons. The van der Waals surface area contributed by atoms with Crippen LogP contribution >= 0.6 is 0 Å². The fourth-order valence-corrected chi connectivity index (χ4v) is 1.85. The molecule has 0 aliphatic rings. The quantitative estimate of drug-likeness (QED) is 0.869. The number of amides is 1. The Morgan fingerprint density at radius 3 is 2.60 bits per heavy atom. The molecule has 20 heavy (non-hydrogen) atoms. The molecular weight excluding hydrogens is 260 g/mol. The lowest BCUT2D eigenvalue weighted by atomic mass is 10.0. The van der Waals surface area contributed by atoms with Gasteiger partial charge in [0.2, 0.25) is 5.76 Å². The minimum absolute atomic E-state index is 0.0938. The maximum atomic E-state index is 12.1. The van der Waals surface area contributed by atoms with Crippen molar-refractivity contribution in [1.29, 1.82) is 0 Å². The Morgan fingerprint density at radius 2 is 2.05 bits per heavy atom. The first-order valence-electron chi connectivity index (χ1n) is 6.07. The van der Waals surface area contributed by atoms with Gasteiger partial charge in [-0.15, -0.1) is 0 Å². The Kier molecular flexibility index (Phi) is 4.14. The molecule has 1 unspecified atom stereocenters. The second kappa shape index (κ2) is 6.01. The fraction of sp³-hybridized carbons (Fsp3) is 0.214. The number of benzene rings is 1. The number of carboxylic acid groups (broad SMARTS) is 1. The lowest BCUT2D eigenvalue weighted by Crippen LogP contribution is -2.30. The van der Waals surface area contributed by atoms with E-state index in [9.17, 15) is 9.59 Å². The number of aromatic nitrogens is 1. The van der Waals surface area contributed by atoms with Crippen molar-refractivity contribution < 1.29 is 19.2 Å². The molecule has 1 heterocycles. The van der Waals surface area contributed by atoms with E-state index in [1.807, 2.05) is 6.07 Å². The van der Waals surface area contributed by atoms with Gasteiger partial charge in [0, 0.05) is 5.56 Å². The second-order valence-electron chi connectivity index (χ2n) is 4.37. The van der Waals surface area contributed by atoms with Crippen LogP contribution in [0.1, 0.15) is 34.1 Å². The van der Waals surface area contributed by atoms with Crippen LogP contribution in [0.3, 0.4) is 0 Å². The smallest absolute Gasteiger partial charge is 0.305 e. The van der Waals surface area contributed by atoms with E-state index < -0.39 is 17.9 Å². The Balaban J connectivity index is 2.18. The van der Waals surface area contributed by atoms with Crippen molar-refractivity contribution in [3.05, 3.63) is 53.4 Å². The van der Waals surface area contributed by atoms with Gasteiger partial charge in [-0.05, 0) is 12.5 Å². The SMILES string of the molecule is Cc1cnoc1C(=O)NC(CC(=O)O)c1ccccc1. The summed E-state index contributed by atoms with van der Waals surface area (Å²) in [7, 11) is 0. The zero-order valence-electron chi connectivity index (χ0n) is 10.9. The highest BCUT2D eigenvalue weighted by Crippen LogP contribution is 2.18. The highest BCUT2D eigenvalue weighted by atomic mass is 16.5. The largest absolute Gasteiger partial charge is 0.481 e. The third-order valence-corrected chi connectivity index (χ3v) is 2.84. The summed E-state index contributed by atoms with van der Waals surface area (Å²) >= 11 is 0. The average molecular weight is 274 g/mol. The molecule has 0 aliphatic heterocycles. The van der Waals surface area contributed by atoms with Crippen LogP contribution in [0.25, 0.3) is 0 Å². The number of carboxylic acids is 1. The van der Waals surface area contributed by atoms with Crippen LogP contribution in [0.4, 0.5) is 0 Å². The molecule has 0 saturated heterocycles. The van der Waals surface area contributed by atoms with Gasteiger partial charge in [0.05, 0.1) is 18.7 Å². The highest BCUT2D eigenvalue weighted by molar-refractivity contribution is 5.93. The van der Waals surface area contributed by atoms with Gasteiger partial charge in [-0.1, -0.05) is 35.5 Å². The number of hydrogen-bond donors (Lipinski definition) is 2. The Morgan fingerprint density at radius 1 is 1.35 bits per heavy atom. The summed E-state index contributed by atoms with van der Waals surface area (Å²) in [5, 5.41) is 15.1. The van der Waals surface area contributed by atoms with Crippen molar-refractivity contribution in [2.24, 2.45) is 0 Å². The number of aryl methyl sites for hydroxylation is 1. The first-order chi connectivity index (χ1) is 9.58. The Labute approximate surface area is 115 Å². The van der Waals surface area contributed by atoms with Crippen molar-refractivity contribution in [2.75, 3.05) is 0 Å². The molecule has 0 aliphatic carbocycles.